The third-order valence-corrected chi connectivity index (χ3v) is 3.84. The summed E-state index contributed by atoms with van der Waals surface area (Å²) in [5, 5.41) is 1.85. The van der Waals surface area contributed by atoms with Gasteiger partial charge >= 0.3 is 5.97 Å². The smallest absolute Gasteiger partial charge is 0.320 e. The fraction of sp³-hybridized carbons (Fsp3) is 0.500. The maximum Gasteiger partial charge on any atom is 0.320 e. The molecule has 0 aliphatic carbocycles. The largest absolute Gasteiger partial charge is 0.465 e. The Morgan fingerprint density at radius 1 is 1.48 bits per heavy atom. The van der Waals surface area contributed by atoms with Crippen molar-refractivity contribution >= 4 is 27.5 Å². The first-order valence-electron chi connectivity index (χ1n) is 6.98. The highest BCUT2D eigenvalue weighted by molar-refractivity contribution is 7.17. The normalized spacial score (nSPS) is 11.2. The van der Waals surface area contributed by atoms with E-state index >= 15 is 0 Å². The minimum Gasteiger partial charge on any atom is -0.465 e. The molecule has 0 fully saturated rings. The van der Waals surface area contributed by atoms with Gasteiger partial charge in [0.2, 0.25) is 0 Å². The van der Waals surface area contributed by atoms with Crippen molar-refractivity contribution in [3.8, 4) is 0 Å². The molecule has 0 radical (unpaired) electrons. The van der Waals surface area contributed by atoms with Crippen LogP contribution in [0.15, 0.2) is 16.2 Å². The molecule has 2 rings (SSSR count). The fourth-order valence-corrected chi connectivity index (χ4v) is 2.85. The Balaban J connectivity index is 2.14. The van der Waals surface area contributed by atoms with Gasteiger partial charge in [-0.25, -0.2) is 4.98 Å². The number of aromatic nitrogens is 2. The van der Waals surface area contributed by atoms with Crippen LogP contribution in [0.3, 0.4) is 0 Å². The minimum atomic E-state index is -0.259. The molecule has 114 valence electrons. The van der Waals surface area contributed by atoms with Crippen LogP contribution in [0.25, 0.3) is 10.2 Å². The van der Waals surface area contributed by atoms with E-state index in [-0.39, 0.29) is 18.1 Å². The van der Waals surface area contributed by atoms with Crippen molar-refractivity contribution in [2.75, 3.05) is 19.7 Å². The highest BCUT2D eigenvalue weighted by Crippen LogP contribution is 2.14. The van der Waals surface area contributed by atoms with Crippen LogP contribution in [0.4, 0.5) is 0 Å². The minimum absolute atomic E-state index is 0.127. The Kier molecular flexibility index (Phi) is 5.46. The van der Waals surface area contributed by atoms with Crippen molar-refractivity contribution in [2.24, 2.45) is 0 Å². The lowest BCUT2D eigenvalue weighted by molar-refractivity contribution is -0.144. The molecule has 0 amide bonds. The summed E-state index contributed by atoms with van der Waals surface area (Å²) in [6.45, 7) is 5.56. The number of nitrogens with zero attached hydrogens (tertiary/aromatic N) is 2. The van der Waals surface area contributed by atoms with E-state index in [1.165, 1.54) is 11.3 Å². The first-order chi connectivity index (χ1) is 10.1. The van der Waals surface area contributed by atoms with Crippen LogP contribution in [0.2, 0.25) is 0 Å². The molecule has 0 aromatic carbocycles. The summed E-state index contributed by atoms with van der Waals surface area (Å²) in [5.41, 5.74) is 0.573. The summed E-state index contributed by atoms with van der Waals surface area (Å²) in [6, 6.07) is 1.83. The zero-order valence-corrected chi connectivity index (χ0v) is 13.0. The van der Waals surface area contributed by atoms with Crippen LogP contribution in [-0.2, 0) is 16.1 Å². The lowest BCUT2D eigenvalue weighted by Crippen LogP contribution is -2.32. The van der Waals surface area contributed by atoms with Crippen LogP contribution in [-0.4, -0.2) is 40.5 Å². The molecule has 7 heteroatoms. The van der Waals surface area contributed by atoms with Gasteiger partial charge in [0.25, 0.3) is 5.56 Å². The van der Waals surface area contributed by atoms with E-state index in [9.17, 15) is 9.59 Å². The molecule has 2 aromatic rings. The van der Waals surface area contributed by atoms with Gasteiger partial charge in [-0.3, -0.25) is 14.5 Å². The van der Waals surface area contributed by atoms with Crippen molar-refractivity contribution in [1.29, 1.82) is 0 Å². The number of nitrogens with one attached hydrogen (secondary N) is 1. The first-order valence-corrected chi connectivity index (χ1v) is 7.86. The van der Waals surface area contributed by atoms with Gasteiger partial charge < -0.3 is 9.72 Å². The zero-order chi connectivity index (χ0) is 15.2. The summed E-state index contributed by atoms with van der Waals surface area (Å²) >= 11 is 1.38. The van der Waals surface area contributed by atoms with Crippen LogP contribution in [0, 0.1) is 0 Å². The van der Waals surface area contributed by atoms with Gasteiger partial charge in [0.15, 0.2) is 0 Å². The van der Waals surface area contributed by atoms with Crippen molar-refractivity contribution in [1.82, 2.24) is 14.9 Å². The van der Waals surface area contributed by atoms with Gasteiger partial charge in [0, 0.05) is 0 Å². The molecular formula is C14H19N3O3S. The van der Waals surface area contributed by atoms with E-state index < -0.39 is 0 Å². The van der Waals surface area contributed by atoms with E-state index in [4.69, 9.17) is 4.74 Å². The Morgan fingerprint density at radius 3 is 3.00 bits per heavy atom. The molecule has 1 N–H and O–H groups in total. The van der Waals surface area contributed by atoms with Gasteiger partial charge in [-0.2, -0.15) is 0 Å². The number of H-pyrrole nitrogens is 1. The number of esters is 1. The molecule has 2 aromatic heterocycles. The highest BCUT2D eigenvalue weighted by Gasteiger charge is 2.13. The summed E-state index contributed by atoms with van der Waals surface area (Å²) in [6.07, 6.45) is 0.907. The summed E-state index contributed by atoms with van der Waals surface area (Å²) in [7, 11) is 0. The SMILES string of the molecule is CCCN(CC(=O)OCC)Cc1nc2ccsc2c(=O)[nH]1. The van der Waals surface area contributed by atoms with Crippen LogP contribution < -0.4 is 5.56 Å². The maximum absolute atomic E-state index is 11.9. The molecule has 0 aliphatic rings. The second-order valence-corrected chi connectivity index (χ2v) is 5.58. The van der Waals surface area contributed by atoms with Crippen molar-refractivity contribution in [3.63, 3.8) is 0 Å². The predicted octanol–water partition coefficient (Wildman–Crippen LogP) is 1.76. The molecule has 0 atom stereocenters. The van der Waals surface area contributed by atoms with Crippen molar-refractivity contribution < 1.29 is 9.53 Å². The van der Waals surface area contributed by atoms with Crippen molar-refractivity contribution in [2.45, 2.75) is 26.8 Å². The number of carbonyl (C=O) groups excluding carboxylic acids is 1. The van der Waals surface area contributed by atoms with E-state index in [1.54, 1.807) is 6.92 Å². The van der Waals surface area contributed by atoms with Gasteiger partial charge in [-0.05, 0) is 31.3 Å². The number of aromatic amines is 1. The molecule has 0 spiro atoms. The molecule has 0 unspecified atom stereocenters. The lowest BCUT2D eigenvalue weighted by atomic mass is 10.3. The van der Waals surface area contributed by atoms with Gasteiger partial charge in [-0.15, -0.1) is 11.3 Å². The molecule has 0 aliphatic heterocycles. The maximum atomic E-state index is 11.9. The Hall–Kier alpha value is -1.73. The Morgan fingerprint density at radius 2 is 2.29 bits per heavy atom. The third-order valence-electron chi connectivity index (χ3n) is 2.94. The fourth-order valence-electron chi connectivity index (χ4n) is 2.13. The topological polar surface area (TPSA) is 75.3 Å². The third kappa shape index (κ3) is 4.12. The van der Waals surface area contributed by atoms with E-state index in [2.05, 4.69) is 9.97 Å². The van der Waals surface area contributed by atoms with Crippen LogP contribution in [0.5, 0.6) is 0 Å². The monoisotopic (exact) mass is 309 g/mol. The molecular weight excluding hydrogens is 290 g/mol. The van der Waals surface area contributed by atoms with Gasteiger partial charge in [-0.1, -0.05) is 6.92 Å². The molecule has 0 bridgehead atoms. The number of hydrogen-bond donors (Lipinski definition) is 1. The Bertz CT molecular complexity index is 665. The van der Waals surface area contributed by atoms with Crippen molar-refractivity contribution in [3.05, 3.63) is 27.6 Å². The second kappa shape index (κ2) is 7.33. The Labute approximate surface area is 126 Å². The average molecular weight is 309 g/mol. The lowest BCUT2D eigenvalue weighted by Gasteiger charge is -2.19. The molecule has 2 heterocycles. The predicted molar refractivity (Wildman–Crippen MR) is 82.4 cm³/mol. The summed E-state index contributed by atoms with van der Waals surface area (Å²) in [4.78, 5) is 32.7. The first kappa shape index (κ1) is 15.7. The summed E-state index contributed by atoms with van der Waals surface area (Å²) < 4.78 is 5.60. The zero-order valence-electron chi connectivity index (χ0n) is 12.2. The van der Waals surface area contributed by atoms with Gasteiger partial charge in [0.05, 0.1) is 25.2 Å². The number of rotatable bonds is 7. The number of fused-ring (bicyclic) bond motifs is 1. The van der Waals surface area contributed by atoms with E-state index in [0.29, 0.717) is 29.2 Å². The van der Waals surface area contributed by atoms with E-state index in [1.807, 2.05) is 23.3 Å². The van der Waals surface area contributed by atoms with E-state index in [0.717, 1.165) is 13.0 Å². The summed E-state index contributed by atoms with van der Waals surface area (Å²) in [5.74, 6) is 0.313. The molecule has 21 heavy (non-hydrogen) atoms. The molecule has 6 nitrogen and oxygen atoms in total. The number of thiophene rings is 1. The average Bonchev–Trinajstić information content (AvgIpc) is 2.88. The molecule has 0 saturated heterocycles. The standard InChI is InChI=1S/C14H19N3O3S/c1-3-6-17(9-12(18)20-4-2)8-11-15-10-5-7-21-13(10)14(19)16-11/h5,7H,3-4,6,8-9H2,1-2H3,(H,15,16,19). The molecule has 0 saturated carbocycles. The number of hydrogen-bond acceptors (Lipinski definition) is 6. The van der Waals surface area contributed by atoms with Crippen LogP contribution >= 0.6 is 11.3 Å². The number of carbonyl (C=O) groups is 1. The van der Waals surface area contributed by atoms with Crippen LogP contribution in [0.1, 0.15) is 26.1 Å². The number of ether oxygens (including phenoxy) is 1. The quantitative estimate of drug-likeness (QED) is 0.789. The van der Waals surface area contributed by atoms with Gasteiger partial charge in [0.1, 0.15) is 10.5 Å². The highest BCUT2D eigenvalue weighted by atomic mass is 32.1. The second-order valence-electron chi connectivity index (χ2n) is 4.66.